The zero-order chi connectivity index (χ0) is 16.1. The van der Waals surface area contributed by atoms with Crippen molar-refractivity contribution in [1.82, 2.24) is 0 Å². The van der Waals surface area contributed by atoms with Crippen LogP contribution in [0.3, 0.4) is 0 Å². The molecule has 0 heterocycles. The van der Waals surface area contributed by atoms with Crippen molar-refractivity contribution in [2.45, 2.75) is 11.8 Å². The Morgan fingerprint density at radius 1 is 0.682 bits per heavy atom. The van der Waals surface area contributed by atoms with Gasteiger partial charge in [-0.05, 0) is 36.1 Å². The van der Waals surface area contributed by atoms with Crippen LogP contribution in [0.15, 0.2) is 60.7 Å². The van der Waals surface area contributed by atoms with Crippen molar-refractivity contribution in [3.05, 3.63) is 71.8 Å². The molecule has 0 saturated heterocycles. The van der Waals surface area contributed by atoms with Crippen molar-refractivity contribution < 1.29 is 18.3 Å². The van der Waals surface area contributed by atoms with Gasteiger partial charge in [0.15, 0.2) is 0 Å². The molecule has 0 aliphatic carbocycles. The van der Waals surface area contributed by atoms with Crippen LogP contribution in [0.4, 0.5) is 13.2 Å². The molecule has 0 aliphatic heterocycles. The van der Waals surface area contributed by atoms with Gasteiger partial charge in [0.2, 0.25) is 0 Å². The van der Waals surface area contributed by atoms with Crippen LogP contribution in [0, 0.1) is 23.7 Å². The van der Waals surface area contributed by atoms with E-state index in [0.717, 1.165) is 0 Å². The zero-order valence-corrected chi connectivity index (χ0v) is 11.4. The monoisotopic (exact) mass is 300 g/mol. The van der Waals surface area contributed by atoms with Gasteiger partial charge in [-0.1, -0.05) is 48.2 Å². The lowest BCUT2D eigenvalue weighted by Crippen LogP contribution is -2.42. The number of hydrogen-bond donors (Lipinski definition) is 1. The van der Waals surface area contributed by atoms with Gasteiger partial charge < -0.3 is 5.11 Å². The third kappa shape index (κ3) is 3.91. The summed E-state index contributed by atoms with van der Waals surface area (Å²) in [4.78, 5) is 0. The number of halogens is 3. The Morgan fingerprint density at radius 2 is 1.05 bits per heavy atom. The largest absolute Gasteiger partial charge is 0.441 e. The fourth-order valence-corrected chi connectivity index (χ4v) is 1.54. The van der Waals surface area contributed by atoms with Crippen LogP contribution in [-0.2, 0) is 0 Å². The van der Waals surface area contributed by atoms with E-state index in [-0.39, 0.29) is 0 Å². The molecular weight excluding hydrogens is 289 g/mol. The molecule has 110 valence electrons. The minimum Gasteiger partial charge on any atom is -0.360 e. The number of rotatable bonds is 0. The normalized spacial score (nSPS) is 10.9. The Hall–Kier alpha value is -2.69. The minimum atomic E-state index is -4.98. The Morgan fingerprint density at radius 3 is 1.36 bits per heavy atom. The van der Waals surface area contributed by atoms with Gasteiger partial charge in [-0.2, -0.15) is 13.2 Å². The van der Waals surface area contributed by atoms with E-state index in [1.807, 2.05) is 11.8 Å². The van der Waals surface area contributed by atoms with Gasteiger partial charge in [0, 0.05) is 11.1 Å². The van der Waals surface area contributed by atoms with Crippen molar-refractivity contribution >= 4 is 0 Å². The lowest BCUT2D eigenvalue weighted by Gasteiger charge is -2.18. The molecule has 0 aliphatic rings. The highest BCUT2D eigenvalue weighted by molar-refractivity contribution is 5.44. The van der Waals surface area contributed by atoms with Gasteiger partial charge in [-0.15, -0.1) is 0 Å². The molecule has 4 heteroatoms. The molecule has 0 spiro atoms. The maximum absolute atomic E-state index is 13.1. The molecular formula is C18H11F3O. The van der Waals surface area contributed by atoms with Crippen LogP contribution >= 0.6 is 0 Å². The lowest BCUT2D eigenvalue weighted by atomic mass is 10.0. The summed E-state index contributed by atoms with van der Waals surface area (Å²) in [7, 11) is 0. The summed E-state index contributed by atoms with van der Waals surface area (Å²) in [5.74, 6) is 8.27. The van der Waals surface area contributed by atoms with Crippen LogP contribution in [0.2, 0.25) is 0 Å². The van der Waals surface area contributed by atoms with Gasteiger partial charge >= 0.3 is 6.18 Å². The highest BCUT2D eigenvalue weighted by Crippen LogP contribution is 2.29. The van der Waals surface area contributed by atoms with Crippen molar-refractivity contribution in [1.29, 1.82) is 0 Å². The maximum Gasteiger partial charge on any atom is 0.441 e. The van der Waals surface area contributed by atoms with Gasteiger partial charge in [0.05, 0.1) is 0 Å². The zero-order valence-electron chi connectivity index (χ0n) is 11.4. The van der Waals surface area contributed by atoms with E-state index >= 15 is 0 Å². The van der Waals surface area contributed by atoms with Crippen LogP contribution in [-0.4, -0.2) is 16.9 Å². The molecule has 22 heavy (non-hydrogen) atoms. The molecule has 0 amide bonds. The van der Waals surface area contributed by atoms with Gasteiger partial charge in [-0.3, -0.25) is 0 Å². The lowest BCUT2D eigenvalue weighted by molar-refractivity contribution is -0.212. The first kappa shape index (κ1) is 15.7. The SMILES string of the molecule is OC(C#Cc1ccccc1)(C#Cc1ccccc1)C(F)(F)F. The topological polar surface area (TPSA) is 20.2 Å². The summed E-state index contributed by atoms with van der Waals surface area (Å²) in [6.07, 6.45) is -4.98. The number of hydrogen-bond acceptors (Lipinski definition) is 1. The quantitative estimate of drug-likeness (QED) is 0.740. The molecule has 0 radical (unpaired) electrons. The third-order valence-electron chi connectivity index (χ3n) is 2.73. The van der Waals surface area contributed by atoms with E-state index in [9.17, 15) is 18.3 Å². The summed E-state index contributed by atoms with van der Waals surface area (Å²) in [5, 5.41) is 9.80. The summed E-state index contributed by atoms with van der Waals surface area (Å²) in [6, 6.07) is 16.2. The van der Waals surface area contributed by atoms with E-state index in [4.69, 9.17) is 0 Å². The van der Waals surface area contributed by atoms with Crippen LogP contribution in [0.1, 0.15) is 11.1 Å². The first-order chi connectivity index (χ1) is 10.4. The molecule has 0 unspecified atom stereocenters. The summed E-state index contributed by atoms with van der Waals surface area (Å²) in [6.45, 7) is 0. The molecule has 0 fully saturated rings. The predicted octanol–water partition coefficient (Wildman–Crippen LogP) is 3.38. The second-order valence-electron chi connectivity index (χ2n) is 4.44. The van der Waals surface area contributed by atoms with Crippen molar-refractivity contribution in [2.24, 2.45) is 0 Å². The Bertz CT molecular complexity index is 684. The Balaban J connectivity index is 2.39. The van der Waals surface area contributed by atoms with E-state index in [2.05, 4.69) is 11.8 Å². The standard InChI is InChI=1S/C18H11F3O/c19-18(20,21)17(22,13-11-15-7-3-1-4-8-15)14-12-16-9-5-2-6-10-16/h1-10,22H. The third-order valence-corrected chi connectivity index (χ3v) is 2.73. The highest BCUT2D eigenvalue weighted by atomic mass is 19.4. The average Bonchev–Trinajstić information content (AvgIpc) is 2.52. The van der Waals surface area contributed by atoms with E-state index in [0.29, 0.717) is 11.1 Å². The highest BCUT2D eigenvalue weighted by Gasteiger charge is 2.52. The smallest absolute Gasteiger partial charge is 0.360 e. The first-order valence-electron chi connectivity index (χ1n) is 6.36. The van der Waals surface area contributed by atoms with Crippen molar-refractivity contribution in [2.75, 3.05) is 0 Å². The molecule has 0 bridgehead atoms. The second-order valence-corrected chi connectivity index (χ2v) is 4.44. The van der Waals surface area contributed by atoms with Crippen LogP contribution in [0.25, 0.3) is 0 Å². The number of alkyl halides is 3. The number of aliphatic hydroxyl groups is 1. The summed E-state index contributed by atoms with van der Waals surface area (Å²) >= 11 is 0. The molecule has 0 aromatic heterocycles. The Kier molecular flexibility index (Phi) is 4.56. The van der Waals surface area contributed by atoms with Crippen LogP contribution in [0.5, 0.6) is 0 Å². The van der Waals surface area contributed by atoms with Crippen molar-refractivity contribution in [3.8, 4) is 23.7 Å². The average molecular weight is 300 g/mol. The molecule has 0 atom stereocenters. The fourth-order valence-electron chi connectivity index (χ4n) is 1.54. The van der Waals surface area contributed by atoms with Gasteiger partial charge in [0.25, 0.3) is 5.60 Å². The predicted molar refractivity (Wildman–Crippen MR) is 77.6 cm³/mol. The second kappa shape index (κ2) is 6.39. The number of benzene rings is 2. The first-order valence-corrected chi connectivity index (χ1v) is 6.36. The molecule has 0 saturated carbocycles. The van der Waals surface area contributed by atoms with E-state index < -0.39 is 11.8 Å². The van der Waals surface area contributed by atoms with Gasteiger partial charge in [-0.25, -0.2) is 0 Å². The van der Waals surface area contributed by atoms with E-state index in [1.165, 1.54) is 0 Å². The van der Waals surface area contributed by atoms with Crippen molar-refractivity contribution in [3.63, 3.8) is 0 Å². The molecule has 2 rings (SSSR count). The summed E-state index contributed by atoms with van der Waals surface area (Å²) < 4.78 is 39.2. The van der Waals surface area contributed by atoms with Crippen LogP contribution < -0.4 is 0 Å². The van der Waals surface area contributed by atoms with E-state index in [1.54, 1.807) is 60.7 Å². The molecule has 2 aromatic rings. The van der Waals surface area contributed by atoms with Gasteiger partial charge in [0.1, 0.15) is 0 Å². The fraction of sp³-hybridized carbons (Fsp3) is 0.111. The summed E-state index contributed by atoms with van der Waals surface area (Å²) in [5.41, 5.74) is -2.64. The molecule has 1 N–H and O–H groups in total. The molecule has 1 nitrogen and oxygen atoms in total. The maximum atomic E-state index is 13.1. The molecule has 2 aromatic carbocycles. The minimum absolute atomic E-state index is 0.367. The Labute approximate surface area is 126 Å².